The maximum absolute atomic E-state index is 11.3. The number of amides is 2. The predicted molar refractivity (Wildman–Crippen MR) is 60.1 cm³/mol. The van der Waals surface area contributed by atoms with Gasteiger partial charge in [0.15, 0.2) is 0 Å². The Balaban J connectivity index is 2.15. The Morgan fingerprint density at radius 2 is 2.00 bits per heavy atom. The number of carbonyl (C=O) groups excluding carboxylic acids is 1. The average molecular weight is 250 g/mol. The van der Waals surface area contributed by atoms with Gasteiger partial charge in [-0.05, 0) is 12.8 Å². The molecule has 7 heteroatoms. The summed E-state index contributed by atoms with van der Waals surface area (Å²) in [6.45, 7) is 1.47. The zero-order valence-electron chi connectivity index (χ0n) is 9.36. The number of hydrogen-bond donors (Lipinski definition) is 2. The van der Waals surface area contributed by atoms with Gasteiger partial charge in [0.25, 0.3) is 0 Å². The smallest absolute Gasteiger partial charge is 0.315 e. The van der Waals surface area contributed by atoms with Gasteiger partial charge < -0.3 is 15.4 Å². The molecule has 0 aromatic heterocycles. The summed E-state index contributed by atoms with van der Waals surface area (Å²) in [7, 11) is -3.02. The lowest BCUT2D eigenvalue weighted by atomic mass is 10.1. The molecular formula is C9H18N2O4S. The van der Waals surface area contributed by atoms with E-state index in [0.717, 1.165) is 19.1 Å². The molecule has 0 aromatic rings. The number of nitrogens with one attached hydrogen (secondary N) is 2. The number of carbonyl (C=O) groups is 1. The van der Waals surface area contributed by atoms with Crippen LogP contribution in [0.4, 0.5) is 4.79 Å². The van der Waals surface area contributed by atoms with E-state index in [9.17, 15) is 13.2 Å². The van der Waals surface area contributed by atoms with E-state index < -0.39 is 9.84 Å². The zero-order chi connectivity index (χ0) is 12.0. The molecule has 6 nitrogen and oxygen atoms in total. The van der Waals surface area contributed by atoms with Gasteiger partial charge in [-0.15, -0.1) is 0 Å². The molecular weight excluding hydrogens is 232 g/mol. The van der Waals surface area contributed by atoms with Crippen LogP contribution in [-0.4, -0.2) is 52.3 Å². The molecule has 0 saturated carbocycles. The fraction of sp³-hybridized carbons (Fsp3) is 0.889. The van der Waals surface area contributed by atoms with Crippen molar-refractivity contribution in [2.24, 2.45) is 0 Å². The van der Waals surface area contributed by atoms with Gasteiger partial charge in [-0.3, -0.25) is 0 Å². The maximum Gasteiger partial charge on any atom is 0.315 e. The molecule has 16 heavy (non-hydrogen) atoms. The summed E-state index contributed by atoms with van der Waals surface area (Å²) in [6, 6.07) is -0.178. The molecule has 0 radical (unpaired) electrons. The van der Waals surface area contributed by atoms with E-state index in [1.165, 1.54) is 0 Å². The van der Waals surface area contributed by atoms with E-state index >= 15 is 0 Å². The Bertz CT molecular complexity index is 322. The van der Waals surface area contributed by atoms with Crippen LogP contribution in [0.5, 0.6) is 0 Å². The lowest BCUT2D eigenvalue weighted by Gasteiger charge is -2.23. The highest BCUT2D eigenvalue weighted by atomic mass is 32.2. The van der Waals surface area contributed by atoms with Crippen LogP contribution in [0, 0.1) is 0 Å². The van der Waals surface area contributed by atoms with Crippen molar-refractivity contribution < 1.29 is 17.9 Å². The fourth-order valence-electron chi connectivity index (χ4n) is 1.43. The third-order valence-electron chi connectivity index (χ3n) is 2.31. The van der Waals surface area contributed by atoms with Crippen molar-refractivity contribution >= 4 is 15.9 Å². The number of rotatable bonds is 4. The predicted octanol–water partition coefficient (Wildman–Crippen LogP) is -0.491. The van der Waals surface area contributed by atoms with Crippen molar-refractivity contribution in [3.8, 4) is 0 Å². The molecule has 0 bridgehead atoms. The van der Waals surface area contributed by atoms with Crippen molar-refractivity contribution in [2.45, 2.75) is 18.9 Å². The number of sulfone groups is 1. The molecule has 1 aliphatic heterocycles. The Morgan fingerprint density at radius 3 is 2.56 bits per heavy atom. The van der Waals surface area contributed by atoms with E-state index in [-0.39, 0.29) is 24.4 Å². The third kappa shape index (κ3) is 5.92. The van der Waals surface area contributed by atoms with Gasteiger partial charge in [0, 0.05) is 32.1 Å². The highest BCUT2D eigenvalue weighted by molar-refractivity contribution is 7.90. The number of urea groups is 1. The zero-order valence-corrected chi connectivity index (χ0v) is 10.2. The molecule has 1 fully saturated rings. The molecule has 0 spiro atoms. The van der Waals surface area contributed by atoms with Gasteiger partial charge in [0.05, 0.1) is 5.75 Å². The number of ether oxygens (including phenoxy) is 1. The largest absolute Gasteiger partial charge is 0.381 e. The standard InChI is InChI=1S/C9H18N2O4S/c1-16(13,14)7-4-10-9(12)11-8-2-5-15-6-3-8/h8H,2-7H2,1H3,(H2,10,11,12). The van der Waals surface area contributed by atoms with Gasteiger partial charge in [0.1, 0.15) is 9.84 Å². The molecule has 94 valence electrons. The fourth-order valence-corrected chi connectivity index (χ4v) is 1.90. The third-order valence-corrected chi connectivity index (χ3v) is 3.26. The Kier molecular flexibility index (Phi) is 5.01. The summed E-state index contributed by atoms with van der Waals surface area (Å²) in [6.07, 6.45) is 2.75. The Morgan fingerprint density at radius 1 is 1.38 bits per heavy atom. The normalized spacial score (nSPS) is 18.1. The summed E-state index contributed by atoms with van der Waals surface area (Å²) in [5.41, 5.74) is 0. The first-order valence-corrected chi connectivity index (χ1v) is 7.33. The Labute approximate surface area is 95.7 Å². The minimum absolute atomic E-state index is 0.0335. The van der Waals surface area contributed by atoms with E-state index in [0.29, 0.717) is 13.2 Å². The Hall–Kier alpha value is -0.820. The second-order valence-corrected chi connectivity index (χ2v) is 6.18. The molecule has 0 aliphatic carbocycles. The van der Waals surface area contributed by atoms with Gasteiger partial charge in [-0.1, -0.05) is 0 Å². The summed E-state index contributed by atoms with van der Waals surface area (Å²) in [4.78, 5) is 11.3. The van der Waals surface area contributed by atoms with Crippen LogP contribution >= 0.6 is 0 Å². The molecule has 1 rings (SSSR count). The summed E-state index contributed by atoms with van der Waals surface area (Å²) >= 11 is 0. The van der Waals surface area contributed by atoms with Crippen molar-refractivity contribution in [1.82, 2.24) is 10.6 Å². The van der Waals surface area contributed by atoms with Crippen molar-refractivity contribution in [1.29, 1.82) is 0 Å². The van der Waals surface area contributed by atoms with Crippen molar-refractivity contribution in [3.05, 3.63) is 0 Å². The molecule has 0 unspecified atom stereocenters. The summed E-state index contributed by atoms with van der Waals surface area (Å²) < 4.78 is 26.8. The second-order valence-electron chi connectivity index (χ2n) is 3.92. The molecule has 0 atom stereocenters. The molecule has 1 heterocycles. The van der Waals surface area contributed by atoms with Crippen LogP contribution in [0.2, 0.25) is 0 Å². The van der Waals surface area contributed by atoms with E-state index in [4.69, 9.17) is 4.74 Å². The van der Waals surface area contributed by atoms with Crippen molar-refractivity contribution in [3.63, 3.8) is 0 Å². The monoisotopic (exact) mass is 250 g/mol. The van der Waals surface area contributed by atoms with E-state index in [1.807, 2.05) is 0 Å². The van der Waals surface area contributed by atoms with Crippen LogP contribution in [0.1, 0.15) is 12.8 Å². The lowest BCUT2D eigenvalue weighted by molar-refractivity contribution is 0.0801. The van der Waals surface area contributed by atoms with Gasteiger partial charge in [-0.2, -0.15) is 0 Å². The highest BCUT2D eigenvalue weighted by Crippen LogP contribution is 2.05. The van der Waals surface area contributed by atoms with E-state index in [2.05, 4.69) is 10.6 Å². The minimum Gasteiger partial charge on any atom is -0.381 e. The SMILES string of the molecule is CS(=O)(=O)CCNC(=O)NC1CCOCC1. The first-order chi connectivity index (χ1) is 7.47. The topological polar surface area (TPSA) is 84.5 Å². The molecule has 0 aromatic carbocycles. The van der Waals surface area contributed by atoms with Crippen LogP contribution in [0.25, 0.3) is 0 Å². The molecule has 1 saturated heterocycles. The molecule has 1 aliphatic rings. The molecule has 2 N–H and O–H groups in total. The minimum atomic E-state index is -3.02. The lowest BCUT2D eigenvalue weighted by Crippen LogP contribution is -2.45. The van der Waals surface area contributed by atoms with E-state index in [1.54, 1.807) is 0 Å². The van der Waals surface area contributed by atoms with Crippen LogP contribution in [-0.2, 0) is 14.6 Å². The van der Waals surface area contributed by atoms with Crippen molar-refractivity contribution in [2.75, 3.05) is 31.8 Å². The van der Waals surface area contributed by atoms with Crippen LogP contribution in [0.15, 0.2) is 0 Å². The highest BCUT2D eigenvalue weighted by Gasteiger charge is 2.15. The summed E-state index contributed by atoms with van der Waals surface area (Å²) in [5, 5.41) is 5.30. The van der Waals surface area contributed by atoms with Crippen LogP contribution in [0.3, 0.4) is 0 Å². The van der Waals surface area contributed by atoms with Gasteiger partial charge in [-0.25, -0.2) is 13.2 Å². The van der Waals surface area contributed by atoms with Gasteiger partial charge >= 0.3 is 6.03 Å². The maximum atomic E-state index is 11.3. The first-order valence-electron chi connectivity index (χ1n) is 5.27. The average Bonchev–Trinajstić information content (AvgIpc) is 2.17. The molecule has 2 amide bonds. The quantitative estimate of drug-likeness (QED) is 0.705. The number of hydrogen-bond acceptors (Lipinski definition) is 4. The summed E-state index contributed by atoms with van der Waals surface area (Å²) in [5.74, 6) is -0.0335. The first kappa shape index (κ1) is 13.2. The van der Waals surface area contributed by atoms with Crippen LogP contribution < -0.4 is 10.6 Å². The van der Waals surface area contributed by atoms with Gasteiger partial charge in [0.2, 0.25) is 0 Å². The second kappa shape index (κ2) is 6.05.